The van der Waals surface area contributed by atoms with Gasteiger partial charge in [0, 0.05) is 11.6 Å². The van der Waals surface area contributed by atoms with Gasteiger partial charge in [0.15, 0.2) is 11.6 Å². The van der Waals surface area contributed by atoms with E-state index in [2.05, 4.69) is 0 Å². The number of carboxylic acids is 1. The molecule has 1 aromatic rings. The predicted octanol–water partition coefficient (Wildman–Crippen LogP) is 1.58. The van der Waals surface area contributed by atoms with E-state index in [-0.39, 0.29) is 0 Å². The second-order valence-corrected chi connectivity index (χ2v) is 2.96. The molecular formula is C9H8F3NO2. The Balaban J connectivity index is 3.12. The third-order valence-corrected chi connectivity index (χ3v) is 1.84. The maximum Gasteiger partial charge on any atom is 0.305 e. The van der Waals surface area contributed by atoms with Crippen LogP contribution in [0.2, 0.25) is 0 Å². The van der Waals surface area contributed by atoms with Crippen LogP contribution in [0.4, 0.5) is 13.2 Å². The summed E-state index contributed by atoms with van der Waals surface area (Å²) in [6, 6.07) is -0.0879. The van der Waals surface area contributed by atoms with Crippen LogP contribution in [-0.4, -0.2) is 11.1 Å². The first-order chi connectivity index (χ1) is 6.93. The lowest BCUT2D eigenvalue weighted by Gasteiger charge is -2.11. The summed E-state index contributed by atoms with van der Waals surface area (Å²) >= 11 is 0. The number of carboxylic acid groups (broad SMARTS) is 1. The van der Waals surface area contributed by atoms with Crippen LogP contribution in [0.1, 0.15) is 18.0 Å². The molecule has 0 amide bonds. The summed E-state index contributed by atoms with van der Waals surface area (Å²) in [4.78, 5) is 10.3. The summed E-state index contributed by atoms with van der Waals surface area (Å²) in [7, 11) is 0. The highest BCUT2D eigenvalue weighted by atomic mass is 19.2. The molecule has 3 nitrogen and oxygen atoms in total. The van der Waals surface area contributed by atoms with E-state index >= 15 is 0 Å². The Morgan fingerprint density at radius 3 is 2.40 bits per heavy atom. The molecular weight excluding hydrogens is 211 g/mol. The van der Waals surface area contributed by atoms with Crippen molar-refractivity contribution in [2.24, 2.45) is 5.73 Å². The fourth-order valence-electron chi connectivity index (χ4n) is 1.17. The molecule has 0 aliphatic carbocycles. The topological polar surface area (TPSA) is 63.3 Å². The fourth-order valence-corrected chi connectivity index (χ4v) is 1.17. The number of aliphatic carboxylic acids is 1. The van der Waals surface area contributed by atoms with Crippen LogP contribution in [0, 0.1) is 17.5 Å². The Hall–Kier alpha value is -1.56. The van der Waals surface area contributed by atoms with E-state index in [1.165, 1.54) is 0 Å². The monoisotopic (exact) mass is 219 g/mol. The Bertz CT molecular complexity index is 395. The largest absolute Gasteiger partial charge is 0.481 e. The number of rotatable bonds is 3. The molecule has 1 atom stereocenters. The van der Waals surface area contributed by atoms with Crippen molar-refractivity contribution in [3.8, 4) is 0 Å². The van der Waals surface area contributed by atoms with E-state index in [9.17, 15) is 18.0 Å². The van der Waals surface area contributed by atoms with Gasteiger partial charge in [0.05, 0.1) is 6.42 Å². The molecule has 0 saturated carbocycles. The summed E-state index contributed by atoms with van der Waals surface area (Å²) in [6.07, 6.45) is -0.669. The smallest absolute Gasteiger partial charge is 0.305 e. The SMILES string of the molecule is N[C@H](CC(=O)O)c1c(F)ccc(F)c1F. The van der Waals surface area contributed by atoms with Crippen LogP contribution in [0.25, 0.3) is 0 Å². The molecule has 0 bridgehead atoms. The third-order valence-electron chi connectivity index (χ3n) is 1.84. The normalized spacial score (nSPS) is 12.5. The molecule has 0 aliphatic heterocycles. The molecule has 0 heterocycles. The van der Waals surface area contributed by atoms with Crippen LogP contribution in [0.15, 0.2) is 12.1 Å². The molecule has 15 heavy (non-hydrogen) atoms. The van der Waals surface area contributed by atoms with Crippen LogP contribution in [0.3, 0.4) is 0 Å². The quantitative estimate of drug-likeness (QED) is 0.758. The number of carbonyl (C=O) groups is 1. The van der Waals surface area contributed by atoms with E-state index in [4.69, 9.17) is 10.8 Å². The van der Waals surface area contributed by atoms with Gasteiger partial charge in [-0.3, -0.25) is 4.79 Å². The third kappa shape index (κ3) is 2.47. The molecule has 0 aliphatic rings. The van der Waals surface area contributed by atoms with Gasteiger partial charge in [-0.1, -0.05) is 0 Å². The maximum absolute atomic E-state index is 13.1. The zero-order valence-electron chi connectivity index (χ0n) is 7.51. The minimum absolute atomic E-state index is 0.613. The zero-order chi connectivity index (χ0) is 11.6. The second kappa shape index (κ2) is 4.31. The minimum Gasteiger partial charge on any atom is -0.481 e. The Kier molecular flexibility index (Phi) is 3.31. The van der Waals surface area contributed by atoms with Gasteiger partial charge in [0.25, 0.3) is 0 Å². The molecule has 0 radical (unpaired) electrons. The van der Waals surface area contributed by atoms with Gasteiger partial charge in [-0.15, -0.1) is 0 Å². The highest BCUT2D eigenvalue weighted by Gasteiger charge is 2.21. The molecule has 0 spiro atoms. The van der Waals surface area contributed by atoms with E-state index in [0.717, 1.165) is 0 Å². The van der Waals surface area contributed by atoms with Crippen molar-refractivity contribution in [2.75, 3.05) is 0 Å². The van der Waals surface area contributed by atoms with Gasteiger partial charge in [0.2, 0.25) is 0 Å². The molecule has 1 rings (SSSR count). The van der Waals surface area contributed by atoms with Crippen molar-refractivity contribution in [3.63, 3.8) is 0 Å². The number of benzene rings is 1. The van der Waals surface area contributed by atoms with Gasteiger partial charge in [-0.2, -0.15) is 0 Å². The van der Waals surface area contributed by atoms with Crippen LogP contribution >= 0.6 is 0 Å². The summed E-state index contributed by atoms with van der Waals surface area (Å²) in [5, 5.41) is 8.38. The number of hydrogen-bond acceptors (Lipinski definition) is 2. The van der Waals surface area contributed by atoms with Gasteiger partial charge in [-0.25, -0.2) is 13.2 Å². The highest BCUT2D eigenvalue weighted by Crippen LogP contribution is 2.23. The molecule has 0 aromatic heterocycles. The Labute approximate surface area is 83.3 Å². The van der Waals surface area contributed by atoms with Gasteiger partial charge in [0.1, 0.15) is 5.82 Å². The average molecular weight is 219 g/mol. The lowest BCUT2D eigenvalue weighted by Crippen LogP contribution is -2.18. The lowest BCUT2D eigenvalue weighted by atomic mass is 10.0. The molecule has 6 heteroatoms. The van der Waals surface area contributed by atoms with Gasteiger partial charge in [-0.05, 0) is 12.1 Å². The Morgan fingerprint density at radius 2 is 1.87 bits per heavy atom. The Morgan fingerprint density at radius 1 is 1.33 bits per heavy atom. The summed E-state index contributed by atoms with van der Waals surface area (Å²) in [6.45, 7) is 0. The van der Waals surface area contributed by atoms with Crippen molar-refractivity contribution < 1.29 is 23.1 Å². The van der Waals surface area contributed by atoms with Crippen LogP contribution in [0.5, 0.6) is 0 Å². The van der Waals surface area contributed by atoms with Gasteiger partial charge < -0.3 is 10.8 Å². The molecule has 0 unspecified atom stereocenters. The number of hydrogen-bond donors (Lipinski definition) is 2. The average Bonchev–Trinajstić information content (AvgIpc) is 2.11. The van der Waals surface area contributed by atoms with Crippen molar-refractivity contribution in [3.05, 3.63) is 35.1 Å². The first-order valence-corrected chi connectivity index (χ1v) is 4.04. The summed E-state index contributed by atoms with van der Waals surface area (Å²) in [5.74, 6) is -5.07. The van der Waals surface area contributed by atoms with E-state index < -0.39 is 41.4 Å². The predicted molar refractivity (Wildman–Crippen MR) is 45.5 cm³/mol. The van der Waals surface area contributed by atoms with Crippen LogP contribution < -0.4 is 5.73 Å². The summed E-state index contributed by atoms with van der Waals surface area (Å²) in [5.41, 5.74) is 4.50. The molecule has 82 valence electrons. The summed E-state index contributed by atoms with van der Waals surface area (Å²) < 4.78 is 38.8. The van der Waals surface area contributed by atoms with Crippen molar-refractivity contribution in [1.29, 1.82) is 0 Å². The van der Waals surface area contributed by atoms with E-state index in [0.29, 0.717) is 12.1 Å². The fraction of sp³-hybridized carbons (Fsp3) is 0.222. The molecule has 0 saturated heterocycles. The van der Waals surface area contributed by atoms with Crippen molar-refractivity contribution in [1.82, 2.24) is 0 Å². The van der Waals surface area contributed by atoms with Crippen LogP contribution in [-0.2, 0) is 4.79 Å². The standard InChI is InChI=1S/C9H8F3NO2/c10-4-1-2-5(11)9(12)8(4)6(13)3-7(14)15/h1-2,6H,3,13H2,(H,14,15)/t6-/m1/s1. The number of halogens is 3. The van der Waals surface area contributed by atoms with Gasteiger partial charge >= 0.3 is 5.97 Å². The first kappa shape index (κ1) is 11.5. The molecule has 1 aromatic carbocycles. The molecule has 0 fully saturated rings. The van der Waals surface area contributed by atoms with E-state index in [1.807, 2.05) is 0 Å². The molecule has 3 N–H and O–H groups in total. The maximum atomic E-state index is 13.1. The highest BCUT2D eigenvalue weighted by molar-refractivity contribution is 5.67. The van der Waals surface area contributed by atoms with Crippen molar-refractivity contribution in [2.45, 2.75) is 12.5 Å². The second-order valence-electron chi connectivity index (χ2n) is 2.96. The minimum atomic E-state index is -1.44. The number of nitrogens with two attached hydrogens (primary N) is 1. The van der Waals surface area contributed by atoms with E-state index in [1.54, 1.807) is 0 Å². The zero-order valence-corrected chi connectivity index (χ0v) is 7.51. The first-order valence-electron chi connectivity index (χ1n) is 4.04. The lowest BCUT2D eigenvalue weighted by molar-refractivity contribution is -0.137. The van der Waals surface area contributed by atoms with Crippen molar-refractivity contribution >= 4 is 5.97 Å².